The first-order chi connectivity index (χ1) is 9.69. The quantitative estimate of drug-likeness (QED) is 0.590. The molecule has 7 heteroatoms. The highest BCUT2D eigenvalue weighted by molar-refractivity contribution is 6.46. The summed E-state index contributed by atoms with van der Waals surface area (Å²) in [6, 6.07) is 0. The lowest BCUT2D eigenvalue weighted by Crippen LogP contribution is -2.71. The van der Waals surface area contributed by atoms with E-state index in [1.807, 2.05) is 24.2 Å². The van der Waals surface area contributed by atoms with Crippen LogP contribution in [-0.2, 0) is 4.84 Å². The molecule has 110 valence electrons. The summed E-state index contributed by atoms with van der Waals surface area (Å²) in [6.07, 6.45) is 7.34. The van der Waals surface area contributed by atoms with E-state index in [4.69, 9.17) is 10.6 Å². The number of nitrogens with two attached hydrogens (primary N) is 1. The maximum Gasteiger partial charge on any atom is 0.196 e. The fourth-order valence-electron chi connectivity index (χ4n) is 2.57. The minimum Gasteiger partial charge on any atom is -0.391 e. The van der Waals surface area contributed by atoms with Gasteiger partial charge in [-0.1, -0.05) is 5.16 Å². The third-order valence-corrected chi connectivity index (χ3v) is 3.93. The number of hydrogen-bond acceptors (Lipinski definition) is 6. The summed E-state index contributed by atoms with van der Waals surface area (Å²) < 4.78 is 0. The molecule has 1 fully saturated rings. The van der Waals surface area contributed by atoms with E-state index in [1.165, 1.54) is 12.8 Å². The zero-order valence-electron chi connectivity index (χ0n) is 11.8. The van der Waals surface area contributed by atoms with Gasteiger partial charge in [-0.15, -0.1) is 0 Å². The van der Waals surface area contributed by atoms with Gasteiger partial charge in [-0.2, -0.15) is 5.10 Å². The van der Waals surface area contributed by atoms with E-state index in [9.17, 15) is 0 Å². The van der Waals surface area contributed by atoms with Crippen molar-refractivity contribution in [3.05, 3.63) is 12.2 Å². The van der Waals surface area contributed by atoms with Crippen molar-refractivity contribution in [2.75, 3.05) is 13.6 Å². The monoisotopic (exact) mass is 279 g/mol. The van der Waals surface area contributed by atoms with Crippen LogP contribution in [0.3, 0.4) is 0 Å². The van der Waals surface area contributed by atoms with Gasteiger partial charge in [-0.25, -0.2) is 5.01 Å². The van der Waals surface area contributed by atoms with Gasteiger partial charge in [0.25, 0.3) is 0 Å². The van der Waals surface area contributed by atoms with Gasteiger partial charge < -0.3 is 21.6 Å². The van der Waals surface area contributed by atoms with Gasteiger partial charge in [-0.05, 0) is 38.0 Å². The highest BCUT2D eigenvalue weighted by Crippen LogP contribution is 2.38. The van der Waals surface area contributed by atoms with E-state index in [-0.39, 0.29) is 18.4 Å². The van der Waals surface area contributed by atoms with Gasteiger partial charge in [0.1, 0.15) is 23.7 Å². The predicted molar refractivity (Wildman–Crippen MR) is 76.6 cm³/mol. The number of hydrazone groups is 1. The van der Waals surface area contributed by atoms with Gasteiger partial charge in [0.15, 0.2) is 6.17 Å². The van der Waals surface area contributed by atoms with Crippen LogP contribution >= 0.6 is 0 Å². The van der Waals surface area contributed by atoms with E-state index in [1.54, 1.807) is 0 Å². The average molecular weight is 279 g/mol. The van der Waals surface area contributed by atoms with Crippen LogP contribution in [0, 0.1) is 5.92 Å². The molecule has 3 aliphatic rings. The smallest absolute Gasteiger partial charge is 0.196 e. The van der Waals surface area contributed by atoms with Crippen LogP contribution in [0.5, 0.6) is 0 Å². The predicted octanol–water partition coefficient (Wildman–Crippen LogP) is -1.16. The molecule has 3 unspecified atom stereocenters. The molecule has 20 heavy (non-hydrogen) atoms. The second-order valence-corrected chi connectivity index (χ2v) is 5.64. The van der Waals surface area contributed by atoms with Gasteiger partial charge in [0, 0.05) is 13.0 Å². The Hall–Kier alpha value is -1.44. The fraction of sp³-hybridized carbons (Fsp3) is 0.692. The Bertz CT molecular complexity index is 456. The van der Waals surface area contributed by atoms with Crippen molar-refractivity contribution < 1.29 is 10.6 Å². The van der Waals surface area contributed by atoms with Crippen LogP contribution in [0.1, 0.15) is 19.3 Å². The van der Waals surface area contributed by atoms with Gasteiger partial charge >= 0.3 is 0 Å². The number of hydrogen-bond donors (Lipinski definition) is 3. The molecule has 1 saturated carbocycles. The molecule has 0 amide bonds. The summed E-state index contributed by atoms with van der Waals surface area (Å²) in [5.74, 6) is 0.688. The number of oxime groups is 1. The van der Waals surface area contributed by atoms with Crippen molar-refractivity contribution in [3.8, 4) is 0 Å². The lowest BCUT2D eigenvalue weighted by atomic mass is 10.0. The number of allylic oxidation sites excluding steroid dienone is 1. The van der Waals surface area contributed by atoms with E-state index < -0.39 is 0 Å². The molecule has 6 N–H and O–H groups in total. The molecule has 0 aromatic carbocycles. The van der Waals surface area contributed by atoms with Gasteiger partial charge in [0.05, 0.1) is 0 Å². The second kappa shape index (κ2) is 5.51. The zero-order chi connectivity index (χ0) is 14.1. The summed E-state index contributed by atoms with van der Waals surface area (Å²) in [5.41, 5.74) is 11.9. The molecule has 1 aliphatic carbocycles. The van der Waals surface area contributed by atoms with Crippen LogP contribution in [0.2, 0.25) is 0 Å². The molecule has 2 aliphatic heterocycles. The summed E-state index contributed by atoms with van der Waals surface area (Å²) in [7, 11) is 1.87. The van der Waals surface area contributed by atoms with Gasteiger partial charge in [0.2, 0.25) is 0 Å². The number of likely N-dealkylation sites (N-methyl/N-ethyl adjacent to an activating group) is 1. The Kier molecular flexibility index (Phi) is 3.73. The summed E-state index contributed by atoms with van der Waals surface area (Å²) >= 11 is 0. The molecule has 0 aromatic heterocycles. The Labute approximate surface area is 118 Å². The molecule has 3 atom stereocenters. The minimum absolute atomic E-state index is 0.0516. The lowest BCUT2D eigenvalue weighted by molar-refractivity contribution is -0.444. The third-order valence-electron chi connectivity index (χ3n) is 3.93. The van der Waals surface area contributed by atoms with Crippen LogP contribution in [0.4, 0.5) is 0 Å². The summed E-state index contributed by atoms with van der Waals surface area (Å²) in [4.78, 5) is 5.51. The first-order valence-corrected chi connectivity index (χ1v) is 7.20. The standard InChI is InChI=1S/C13H22N6O/c1-16-7-13(15)19-12(14)5-4-9(17-19)10-6-11(20-18-10)8-2-3-8/h4-5,8,11-13,16H,2-3,6-7,14-15H2,1H3/p+1. The van der Waals surface area contributed by atoms with Crippen LogP contribution in [0.25, 0.3) is 0 Å². The number of nitrogens with zero attached hydrogens (tertiary/aromatic N) is 3. The van der Waals surface area contributed by atoms with Crippen LogP contribution in [-0.4, -0.2) is 48.5 Å². The SMILES string of the molecule is CNCC(N)N1N=C(C2=NOC(C3CC3)C2)C=CC1[NH3+]. The van der Waals surface area contributed by atoms with Gasteiger partial charge in [-0.3, -0.25) is 0 Å². The maximum absolute atomic E-state index is 6.11. The molecule has 0 radical (unpaired) electrons. The highest BCUT2D eigenvalue weighted by Gasteiger charge is 2.38. The summed E-state index contributed by atoms with van der Waals surface area (Å²) in [6.45, 7) is 0.657. The Morgan fingerprint density at radius 3 is 3.10 bits per heavy atom. The van der Waals surface area contributed by atoms with Crippen molar-refractivity contribution >= 4 is 11.4 Å². The fourth-order valence-corrected chi connectivity index (χ4v) is 2.57. The van der Waals surface area contributed by atoms with Crippen molar-refractivity contribution in [1.82, 2.24) is 10.3 Å². The number of rotatable bonds is 5. The first kappa shape index (κ1) is 13.5. The summed E-state index contributed by atoms with van der Waals surface area (Å²) in [5, 5.41) is 13.7. The highest BCUT2D eigenvalue weighted by atomic mass is 16.6. The zero-order valence-corrected chi connectivity index (χ0v) is 11.8. The number of nitrogens with one attached hydrogen (secondary N) is 1. The Morgan fingerprint density at radius 2 is 2.40 bits per heavy atom. The molecule has 3 rings (SSSR count). The molecule has 2 heterocycles. The average Bonchev–Trinajstić information content (AvgIpc) is 3.18. The molecule has 0 spiro atoms. The molecular formula is C13H23N6O+. The van der Waals surface area contributed by atoms with Crippen molar-refractivity contribution in [3.63, 3.8) is 0 Å². The van der Waals surface area contributed by atoms with Crippen molar-refractivity contribution in [2.24, 2.45) is 21.9 Å². The van der Waals surface area contributed by atoms with Crippen LogP contribution < -0.4 is 16.8 Å². The molecule has 7 nitrogen and oxygen atoms in total. The van der Waals surface area contributed by atoms with Crippen molar-refractivity contribution in [1.29, 1.82) is 0 Å². The molecule has 0 saturated heterocycles. The molecular weight excluding hydrogens is 256 g/mol. The first-order valence-electron chi connectivity index (χ1n) is 7.20. The van der Waals surface area contributed by atoms with E-state index >= 15 is 0 Å². The van der Waals surface area contributed by atoms with Crippen LogP contribution in [0.15, 0.2) is 22.4 Å². The minimum atomic E-state index is -0.204. The van der Waals surface area contributed by atoms with E-state index in [0.717, 1.165) is 17.8 Å². The number of quaternary nitrogens is 1. The maximum atomic E-state index is 6.11. The van der Waals surface area contributed by atoms with E-state index in [0.29, 0.717) is 12.5 Å². The molecule has 0 aromatic rings. The normalized spacial score (nSPS) is 30.9. The third kappa shape index (κ3) is 2.70. The molecule has 0 bridgehead atoms. The Morgan fingerprint density at radius 1 is 1.60 bits per heavy atom. The second-order valence-electron chi connectivity index (χ2n) is 5.64. The van der Waals surface area contributed by atoms with E-state index in [2.05, 4.69) is 21.3 Å². The van der Waals surface area contributed by atoms with Crippen molar-refractivity contribution in [2.45, 2.75) is 37.7 Å². The lowest BCUT2D eigenvalue weighted by Gasteiger charge is -2.30. The largest absolute Gasteiger partial charge is 0.391 e. The Balaban J connectivity index is 1.69. The topological polar surface area (TPSA) is 103 Å².